The molecule has 3 aromatic rings. The van der Waals surface area contributed by atoms with Crippen LogP contribution in [0.2, 0.25) is 0 Å². The average molecular weight is 379 g/mol. The van der Waals surface area contributed by atoms with Gasteiger partial charge in [0, 0.05) is 10.8 Å². The molecule has 0 radical (unpaired) electrons. The third kappa shape index (κ3) is 4.13. The van der Waals surface area contributed by atoms with E-state index in [-0.39, 0.29) is 56.7 Å². The maximum Gasteiger partial charge on any atom is 1.00 e. The Bertz CT molecular complexity index is 1110. The molecule has 6 nitrogen and oxygen atoms in total. The van der Waals surface area contributed by atoms with Crippen molar-refractivity contribution in [1.82, 2.24) is 0 Å². The van der Waals surface area contributed by atoms with Gasteiger partial charge in [0.05, 0.1) is 5.69 Å². The molecule has 0 aliphatic carbocycles. The fourth-order valence-electron chi connectivity index (χ4n) is 2.63. The van der Waals surface area contributed by atoms with E-state index in [1.54, 1.807) is 24.3 Å². The number of nitrogens with zero attached hydrogens (tertiary/aromatic N) is 2. The van der Waals surface area contributed by atoms with Crippen LogP contribution in [0.1, 0.15) is 11.1 Å². The molecule has 0 bridgehead atoms. The summed E-state index contributed by atoms with van der Waals surface area (Å²) in [6.45, 7) is 3.84. The van der Waals surface area contributed by atoms with Crippen LogP contribution < -0.4 is 29.6 Å². The van der Waals surface area contributed by atoms with E-state index in [9.17, 15) is 18.1 Å². The van der Waals surface area contributed by atoms with Gasteiger partial charge in [-0.2, -0.15) is 13.5 Å². The molecule has 0 amide bonds. The van der Waals surface area contributed by atoms with Gasteiger partial charge in [-0.1, -0.05) is 42.0 Å². The maximum atomic E-state index is 11.7. The average Bonchev–Trinajstić information content (AvgIpc) is 2.54. The second-order valence-electron chi connectivity index (χ2n) is 5.75. The summed E-state index contributed by atoms with van der Waals surface area (Å²) in [5.74, 6) is -0.198. The Hall–Kier alpha value is -1.77. The molecule has 0 aliphatic heterocycles. The van der Waals surface area contributed by atoms with Gasteiger partial charge < -0.3 is 5.11 Å². The van der Waals surface area contributed by atoms with Crippen molar-refractivity contribution in [3.8, 4) is 5.75 Å². The number of hydrogen-bond acceptors (Lipinski definition) is 5. The summed E-state index contributed by atoms with van der Waals surface area (Å²) >= 11 is 0. The van der Waals surface area contributed by atoms with E-state index >= 15 is 0 Å². The summed E-state index contributed by atoms with van der Waals surface area (Å²) in [7, 11) is -4.48. The van der Waals surface area contributed by atoms with Crippen LogP contribution in [0.15, 0.2) is 63.7 Å². The van der Waals surface area contributed by atoms with Gasteiger partial charge >= 0.3 is 29.6 Å². The predicted octanol–water partition coefficient (Wildman–Crippen LogP) is 1.83. The molecule has 0 atom stereocenters. The van der Waals surface area contributed by atoms with E-state index in [0.717, 1.165) is 17.2 Å². The maximum absolute atomic E-state index is 11.7. The molecule has 0 aliphatic rings. The number of rotatable bonds is 3. The van der Waals surface area contributed by atoms with Crippen molar-refractivity contribution in [3.05, 3.63) is 59.7 Å². The SMILES string of the molecule is Cc1ccc(N=Nc2cc(S(=O)(=O)O)c3ccccc3c2O)c(C)c1.[Na+]. The van der Waals surface area contributed by atoms with E-state index in [1.165, 1.54) is 6.07 Å². The summed E-state index contributed by atoms with van der Waals surface area (Å²) in [6, 6.07) is 13.0. The molecule has 3 aromatic carbocycles. The first kappa shape index (κ1) is 20.5. The molecule has 8 heteroatoms. The zero-order valence-electron chi connectivity index (χ0n) is 14.6. The second kappa shape index (κ2) is 7.85. The zero-order chi connectivity index (χ0) is 18.2. The summed E-state index contributed by atoms with van der Waals surface area (Å²) < 4.78 is 32.8. The van der Waals surface area contributed by atoms with Gasteiger partial charge in [0.2, 0.25) is 0 Å². The summed E-state index contributed by atoms with van der Waals surface area (Å²) in [6.07, 6.45) is 0. The Balaban J connectivity index is 0.00000243. The minimum atomic E-state index is -4.48. The summed E-state index contributed by atoms with van der Waals surface area (Å²) in [5.41, 5.74) is 2.55. The van der Waals surface area contributed by atoms with Gasteiger partial charge in [-0.15, -0.1) is 5.11 Å². The van der Waals surface area contributed by atoms with E-state index in [0.29, 0.717) is 5.69 Å². The Kier molecular flexibility index (Phi) is 6.21. The summed E-state index contributed by atoms with van der Waals surface area (Å²) in [5, 5.41) is 19.0. The van der Waals surface area contributed by atoms with Crippen LogP contribution in [0, 0.1) is 13.8 Å². The molecule has 0 fully saturated rings. The van der Waals surface area contributed by atoms with Crippen LogP contribution in [-0.4, -0.2) is 18.1 Å². The molecule has 26 heavy (non-hydrogen) atoms. The fraction of sp³-hybridized carbons (Fsp3) is 0.111. The van der Waals surface area contributed by atoms with Gasteiger partial charge in [-0.25, -0.2) is 0 Å². The van der Waals surface area contributed by atoms with Crippen LogP contribution in [0.3, 0.4) is 0 Å². The molecule has 128 valence electrons. The number of benzene rings is 3. The van der Waals surface area contributed by atoms with Gasteiger partial charge in [-0.05, 0) is 31.5 Å². The molecule has 0 heterocycles. The monoisotopic (exact) mass is 379 g/mol. The van der Waals surface area contributed by atoms with E-state index < -0.39 is 10.1 Å². The normalized spacial score (nSPS) is 11.7. The Morgan fingerprint density at radius 3 is 2.12 bits per heavy atom. The Morgan fingerprint density at radius 1 is 0.885 bits per heavy atom. The van der Waals surface area contributed by atoms with E-state index in [4.69, 9.17) is 0 Å². The van der Waals surface area contributed by atoms with Gasteiger partial charge in [0.15, 0.2) is 5.75 Å². The molecular formula is C18H16N2NaO4S+. The van der Waals surface area contributed by atoms with Crippen molar-refractivity contribution in [2.24, 2.45) is 10.2 Å². The predicted molar refractivity (Wildman–Crippen MR) is 95.5 cm³/mol. The van der Waals surface area contributed by atoms with Crippen molar-refractivity contribution in [2.45, 2.75) is 18.7 Å². The third-order valence-electron chi connectivity index (χ3n) is 3.85. The quantitative estimate of drug-likeness (QED) is 0.412. The van der Waals surface area contributed by atoms with Crippen molar-refractivity contribution in [3.63, 3.8) is 0 Å². The van der Waals surface area contributed by atoms with Gasteiger partial charge in [0.25, 0.3) is 10.1 Å². The zero-order valence-corrected chi connectivity index (χ0v) is 17.4. The number of azo groups is 1. The smallest absolute Gasteiger partial charge is 0.505 e. The number of aromatic hydroxyl groups is 1. The molecular weight excluding hydrogens is 363 g/mol. The molecule has 2 N–H and O–H groups in total. The van der Waals surface area contributed by atoms with Crippen LogP contribution >= 0.6 is 0 Å². The number of phenolic OH excluding ortho intramolecular Hbond substituents is 1. The number of hydrogen-bond donors (Lipinski definition) is 2. The van der Waals surface area contributed by atoms with Crippen LogP contribution in [0.5, 0.6) is 5.75 Å². The van der Waals surface area contributed by atoms with Crippen molar-refractivity contribution >= 4 is 32.3 Å². The molecule has 0 saturated heterocycles. The molecule has 0 saturated carbocycles. The van der Waals surface area contributed by atoms with Crippen LogP contribution in [-0.2, 0) is 10.1 Å². The van der Waals surface area contributed by atoms with E-state index in [1.807, 2.05) is 26.0 Å². The Labute approximate surface area is 173 Å². The largest absolute Gasteiger partial charge is 1.00 e. The number of aryl methyl sites for hydroxylation is 2. The molecule has 0 unspecified atom stereocenters. The first-order chi connectivity index (χ1) is 11.8. The fourth-order valence-corrected chi connectivity index (χ4v) is 3.34. The van der Waals surface area contributed by atoms with Crippen molar-refractivity contribution in [2.75, 3.05) is 0 Å². The summed E-state index contributed by atoms with van der Waals surface area (Å²) in [4.78, 5) is -0.324. The molecule has 0 aromatic heterocycles. The van der Waals surface area contributed by atoms with Crippen LogP contribution in [0.4, 0.5) is 11.4 Å². The van der Waals surface area contributed by atoms with Gasteiger partial charge in [-0.3, -0.25) is 4.55 Å². The minimum absolute atomic E-state index is 0. The van der Waals surface area contributed by atoms with Crippen LogP contribution in [0.25, 0.3) is 10.8 Å². The topological polar surface area (TPSA) is 99.3 Å². The molecule has 0 spiro atoms. The number of fused-ring (bicyclic) bond motifs is 1. The first-order valence-corrected chi connectivity index (χ1v) is 8.92. The first-order valence-electron chi connectivity index (χ1n) is 7.48. The Morgan fingerprint density at radius 2 is 1.50 bits per heavy atom. The second-order valence-corrected chi connectivity index (χ2v) is 7.14. The number of phenols is 1. The standard InChI is InChI=1S/C18H16N2O4S.Na/c1-11-7-8-15(12(2)9-11)19-20-16-10-17(25(22,23)24)13-5-3-4-6-14(13)18(16)21;/h3-10,21H,1-2H3,(H,22,23,24);/q;+1. The van der Waals surface area contributed by atoms with Gasteiger partial charge in [0.1, 0.15) is 10.6 Å². The van der Waals surface area contributed by atoms with E-state index in [2.05, 4.69) is 10.2 Å². The van der Waals surface area contributed by atoms with Crippen molar-refractivity contribution < 1.29 is 47.6 Å². The van der Waals surface area contributed by atoms with Crippen molar-refractivity contribution in [1.29, 1.82) is 0 Å². The minimum Gasteiger partial charge on any atom is -0.505 e. The third-order valence-corrected chi connectivity index (χ3v) is 4.75. The molecule has 3 rings (SSSR count).